The molecule has 3 aromatic rings. The van der Waals surface area contributed by atoms with Gasteiger partial charge in [0.05, 0.1) is 11.9 Å². The number of halogens is 2. The van der Waals surface area contributed by atoms with Crippen LogP contribution in [-0.2, 0) is 32.6 Å². The maximum Gasteiger partial charge on any atom is 0.244 e. The third kappa shape index (κ3) is 9.07. The van der Waals surface area contributed by atoms with Crippen LogP contribution in [0.15, 0.2) is 78.9 Å². The second kappa shape index (κ2) is 13.6. The maximum absolute atomic E-state index is 13.9. The summed E-state index contributed by atoms with van der Waals surface area (Å²) >= 11 is 5.98. The van der Waals surface area contributed by atoms with Gasteiger partial charge in [-0.05, 0) is 53.4 Å². The van der Waals surface area contributed by atoms with E-state index in [1.165, 1.54) is 53.4 Å². The molecular formula is C29H33ClFN3O4S. The molecule has 0 aliphatic rings. The first kappa shape index (κ1) is 30.1. The van der Waals surface area contributed by atoms with Gasteiger partial charge in [-0.15, -0.1) is 0 Å². The minimum atomic E-state index is -3.87. The third-order valence-electron chi connectivity index (χ3n) is 6.02. The Morgan fingerprint density at radius 3 is 2.10 bits per heavy atom. The normalized spacial score (nSPS) is 12.2. The predicted octanol–water partition coefficient (Wildman–Crippen LogP) is 4.66. The van der Waals surface area contributed by atoms with Crippen molar-refractivity contribution in [2.75, 3.05) is 23.7 Å². The van der Waals surface area contributed by atoms with E-state index in [0.717, 1.165) is 16.1 Å². The number of carbonyl (C=O) groups excluding carboxylic acids is 2. The number of hydrogen-bond acceptors (Lipinski definition) is 4. The third-order valence-corrected chi connectivity index (χ3v) is 7.41. The van der Waals surface area contributed by atoms with Crippen LogP contribution in [0.3, 0.4) is 0 Å². The molecule has 2 amide bonds. The molecule has 0 bridgehead atoms. The number of sulfonamides is 1. The van der Waals surface area contributed by atoms with Crippen LogP contribution in [0.25, 0.3) is 0 Å². The molecule has 208 valence electrons. The first-order chi connectivity index (χ1) is 18.4. The average Bonchev–Trinajstić information content (AvgIpc) is 2.89. The molecule has 0 saturated heterocycles. The number of amides is 2. The van der Waals surface area contributed by atoms with Crippen LogP contribution in [0.4, 0.5) is 10.1 Å². The molecule has 0 heterocycles. The molecule has 3 rings (SSSR count). The fourth-order valence-corrected chi connectivity index (χ4v) is 4.96. The molecule has 3 aromatic carbocycles. The Morgan fingerprint density at radius 1 is 0.923 bits per heavy atom. The van der Waals surface area contributed by atoms with Gasteiger partial charge in [-0.2, -0.15) is 0 Å². The maximum atomic E-state index is 13.9. The molecule has 0 fully saturated rings. The van der Waals surface area contributed by atoms with Gasteiger partial charge in [-0.25, -0.2) is 12.8 Å². The van der Waals surface area contributed by atoms with E-state index in [0.29, 0.717) is 17.1 Å². The van der Waals surface area contributed by atoms with E-state index in [1.807, 2.05) is 44.2 Å². The minimum absolute atomic E-state index is 0.0239. The van der Waals surface area contributed by atoms with E-state index in [4.69, 9.17) is 11.6 Å². The van der Waals surface area contributed by atoms with Crippen LogP contribution in [0.2, 0.25) is 5.02 Å². The quantitative estimate of drug-likeness (QED) is 0.341. The van der Waals surface area contributed by atoms with Gasteiger partial charge in [-0.3, -0.25) is 13.9 Å². The summed E-state index contributed by atoms with van der Waals surface area (Å²) in [4.78, 5) is 28.8. The number of anilines is 1. The summed E-state index contributed by atoms with van der Waals surface area (Å²) in [6, 6.07) is 20.0. The molecular weight excluding hydrogens is 541 g/mol. The molecule has 0 aliphatic heterocycles. The molecule has 7 nitrogen and oxygen atoms in total. The zero-order valence-electron chi connectivity index (χ0n) is 22.2. The van der Waals surface area contributed by atoms with Gasteiger partial charge in [0.15, 0.2) is 0 Å². The molecule has 0 aliphatic carbocycles. The smallest absolute Gasteiger partial charge is 0.244 e. The number of carbonyl (C=O) groups is 2. The van der Waals surface area contributed by atoms with E-state index >= 15 is 0 Å². The fraction of sp³-hybridized carbons (Fsp3) is 0.310. The van der Waals surface area contributed by atoms with Crippen LogP contribution >= 0.6 is 11.6 Å². The van der Waals surface area contributed by atoms with Crippen molar-refractivity contribution in [3.05, 3.63) is 101 Å². The van der Waals surface area contributed by atoms with Gasteiger partial charge < -0.3 is 10.2 Å². The van der Waals surface area contributed by atoms with Crippen LogP contribution in [-0.4, -0.2) is 50.5 Å². The zero-order chi connectivity index (χ0) is 28.6. The van der Waals surface area contributed by atoms with E-state index < -0.39 is 34.3 Å². The van der Waals surface area contributed by atoms with Gasteiger partial charge in [0, 0.05) is 24.5 Å². The van der Waals surface area contributed by atoms with Crippen molar-refractivity contribution in [2.45, 2.75) is 32.9 Å². The Kier molecular flexibility index (Phi) is 10.5. The molecule has 0 unspecified atom stereocenters. The van der Waals surface area contributed by atoms with Gasteiger partial charge in [0.1, 0.15) is 18.4 Å². The van der Waals surface area contributed by atoms with E-state index in [9.17, 15) is 22.4 Å². The van der Waals surface area contributed by atoms with Crippen LogP contribution in [0.5, 0.6) is 0 Å². The van der Waals surface area contributed by atoms with Crippen molar-refractivity contribution in [3.63, 3.8) is 0 Å². The Balaban J connectivity index is 2.03. The van der Waals surface area contributed by atoms with Crippen molar-refractivity contribution in [2.24, 2.45) is 5.92 Å². The van der Waals surface area contributed by atoms with Crippen molar-refractivity contribution < 1.29 is 22.4 Å². The van der Waals surface area contributed by atoms with E-state index in [-0.39, 0.29) is 30.5 Å². The monoisotopic (exact) mass is 573 g/mol. The highest BCUT2D eigenvalue weighted by molar-refractivity contribution is 7.92. The first-order valence-electron chi connectivity index (χ1n) is 12.5. The minimum Gasteiger partial charge on any atom is -0.354 e. The lowest BCUT2D eigenvalue weighted by Crippen LogP contribution is -2.53. The lowest BCUT2D eigenvalue weighted by molar-refractivity contribution is -0.140. The predicted molar refractivity (Wildman–Crippen MR) is 152 cm³/mol. The zero-order valence-corrected chi connectivity index (χ0v) is 23.8. The summed E-state index contributed by atoms with van der Waals surface area (Å²) in [5.74, 6) is -1.20. The second-order valence-corrected chi connectivity index (χ2v) is 12.1. The standard InChI is InChI=1S/C29H33ClFN3O4S/c1-21(2)18-32-29(36)27(17-22-7-5-4-6-8-22)33(19-23-9-13-25(31)14-10-23)28(35)20-34(39(3,37)38)26-15-11-24(30)12-16-26/h4-16,21,27H,17-20H2,1-3H3,(H,32,36)/t27-/m0/s1. The van der Waals surface area contributed by atoms with Crippen molar-refractivity contribution in [3.8, 4) is 0 Å². The highest BCUT2D eigenvalue weighted by atomic mass is 35.5. The number of benzene rings is 3. The topological polar surface area (TPSA) is 86.8 Å². The second-order valence-electron chi connectivity index (χ2n) is 9.74. The molecule has 0 radical (unpaired) electrons. The van der Waals surface area contributed by atoms with Gasteiger partial charge in [0.25, 0.3) is 0 Å². The van der Waals surface area contributed by atoms with Gasteiger partial charge in [-0.1, -0.05) is 67.9 Å². The summed E-state index contributed by atoms with van der Waals surface area (Å²) in [5, 5.41) is 3.33. The van der Waals surface area contributed by atoms with Crippen LogP contribution < -0.4 is 9.62 Å². The van der Waals surface area contributed by atoms with Crippen LogP contribution in [0, 0.1) is 11.7 Å². The molecule has 39 heavy (non-hydrogen) atoms. The van der Waals surface area contributed by atoms with Crippen molar-refractivity contribution >= 4 is 39.1 Å². The number of nitrogens with one attached hydrogen (secondary N) is 1. The summed E-state index contributed by atoms with van der Waals surface area (Å²) < 4.78 is 40.1. The number of rotatable bonds is 12. The fourth-order valence-electron chi connectivity index (χ4n) is 3.98. The van der Waals surface area contributed by atoms with Gasteiger partial charge >= 0.3 is 0 Å². The Bertz CT molecular complexity index is 1350. The highest BCUT2D eigenvalue weighted by Gasteiger charge is 2.33. The number of hydrogen-bond donors (Lipinski definition) is 1. The summed E-state index contributed by atoms with van der Waals surface area (Å²) in [7, 11) is -3.87. The first-order valence-corrected chi connectivity index (χ1v) is 14.8. The number of nitrogens with zero attached hydrogens (tertiary/aromatic N) is 2. The lowest BCUT2D eigenvalue weighted by atomic mass is 10.0. The van der Waals surface area contributed by atoms with Crippen LogP contribution in [0.1, 0.15) is 25.0 Å². The largest absolute Gasteiger partial charge is 0.354 e. The molecule has 0 saturated carbocycles. The Labute approximate surface area is 234 Å². The molecule has 1 N–H and O–H groups in total. The van der Waals surface area contributed by atoms with Crippen molar-refractivity contribution in [1.29, 1.82) is 0 Å². The van der Waals surface area contributed by atoms with E-state index in [2.05, 4.69) is 5.32 Å². The van der Waals surface area contributed by atoms with Gasteiger partial charge in [0.2, 0.25) is 21.8 Å². The van der Waals surface area contributed by atoms with Crippen molar-refractivity contribution in [1.82, 2.24) is 10.2 Å². The summed E-state index contributed by atoms with van der Waals surface area (Å²) in [6.45, 7) is 3.77. The molecule has 10 heteroatoms. The molecule has 0 aromatic heterocycles. The molecule has 0 spiro atoms. The summed E-state index contributed by atoms with van der Waals surface area (Å²) in [5.41, 5.74) is 1.69. The lowest BCUT2D eigenvalue weighted by Gasteiger charge is -2.33. The SMILES string of the molecule is CC(C)CNC(=O)[C@H](Cc1ccccc1)N(Cc1ccc(F)cc1)C(=O)CN(c1ccc(Cl)cc1)S(C)(=O)=O. The van der Waals surface area contributed by atoms with E-state index in [1.54, 1.807) is 0 Å². The highest BCUT2D eigenvalue weighted by Crippen LogP contribution is 2.22. The molecule has 1 atom stereocenters. The Morgan fingerprint density at radius 2 is 1.54 bits per heavy atom. The summed E-state index contributed by atoms with van der Waals surface area (Å²) in [6.07, 6.45) is 1.22. The average molecular weight is 574 g/mol. The Hall–Kier alpha value is -3.43.